The monoisotopic (exact) mass is 272 g/mol. The molecular weight excluding hydrogens is 252 g/mol. The molecule has 2 fully saturated rings. The molecule has 3 unspecified atom stereocenters. The predicted octanol–water partition coefficient (Wildman–Crippen LogP) is 4.45. The summed E-state index contributed by atoms with van der Waals surface area (Å²) in [4.78, 5) is 4.70. The minimum Gasteiger partial charge on any atom is -0.361 e. The van der Waals surface area contributed by atoms with Gasteiger partial charge < -0.3 is 5.32 Å². The fourth-order valence-electron chi connectivity index (χ4n) is 3.96. The normalized spacial score (nSPS) is 29.2. The van der Waals surface area contributed by atoms with E-state index in [9.17, 15) is 0 Å². The molecule has 3 atom stereocenters. The van der Waals surface area contributed by atoms with Crippen molar-refractivity contribution < 1.29 is 0 Å². The van der Waals surface area contributed by atoms with Crippen LogP contribution in [0.1, 0.15) is 31.2 Å². The van der Waals surface area contributed by atoms with Gasteiger partial charge in [0.2, 0.25) is 0 Å². The lowest BCUT2D eigenvalue weighted by Gasteiger charge is -2.21. The van der Waals surface area contributed by atoms with Gasteiger partial charge in [0, 0.05) is 6.54 Å². The van der Waals surface area contributed by atoms with Crippen LogP contribution in [-0.2, 0) is 0 Å². The number of nitrogens with zero attached hydrogens (tertiary/aromatic N) is 1. The summed E-state index contributed by atoms with van der Waals surface area (Å²) < 4.78 is 1.29. The second-order valence-corrected chi connectivity index (χ2v) is 7.34. The Hall–Kier alpha value is -1.09. The molecule has 2 aromatic rings. The van der Waals surface area contributed by atoms with E-state index in [0.717, 1.165) is 34.9 Å². The van der Waals surface area contributed by atoms with Gasteiger partial charge in [-0.3, -0.25) is 0 Å². The summed E-state index contributed by atoms with van der Waals surface area (Å²) in [6.45, 7) is 3.25. The van der Waals surface area contributed by atoms with Gasteiger partial charge in [-0.15, -0.1) is 0 Å². The van der Waals surface area contributed by atoms with Crippen LogP contribution in [0.4, 0.5) is 5.13 Å². The first kappa shape index (κ1) is 11.7. The molecule has 19 heavy (non-hydrogen) atoms. The molecule has 1 heterocycles. The molecule has 3 heteroatoms. The first-order valence-corrected chi connectivity index (χ1v) is 8.20. The third-order valence-corrected chi connectivity index (χ3v) is 5.94. The molecule has 2 nitrogen and oxygen atoms in total. The first-order valence-electron chi connectivity index (χ1n) is 7.39. The van der Waals surface area contributed by atoms with E-state index in [4.69, 9.17) is 4.98 Å². The Morgan fingerprint density at radius 1 is 1.32 bits per heavy atom. The van der Waals surface area contributed by atoms with Gasteiger partial charge in [0.05, 0.1) is 10.2 Å². The molecule has 2 bridgehead atoms. The minimum atomic E-state index is 0.896. The number of hydrogen-bond acceptors (Lipinski definition) is 3. The van der Waals surface area contributed by atoms with E-state index in [2.05, 4.69) is 30.4 Å². The first-order chi connectivity index (χ1) is 9.28. The van der Waals surface area contributed by atoms with Crippen molar-refractivity contribution in [2.75, 3.05) is 11.9 Å². The average Bonchev–Trinajstić information content (AvgIpc) is 3.09. The zero-order chi connectivity index (χ0) is 12.8. The molecule has 0 spiro atoms. The van der Waals surface area contributed by atoms with E-state index < -0.39 is 0 Å². The highest BCUT2D eigenvalue weighted by molar-refractivity contribution is 7.22. The molecule has 1 aromatic carbocycles. The van der Waals surface area contributed by atoms with Crippen LogP contribution in [0.5, 0.6) is 0 Å². The van der Waals surface area contributed by atoms with Crippen LogP contribution in [0, 0.1) is 24.7 Å². The second-order valence-electron chi connectivity index (χ2n) is 6.31. The molecule has 0 saturated heterocycles. The van der Waals surface area contributed by atoms with Crippen molar-refractivity contribution >= 4 is 26.7 Å². The third kappa shape index (κ3) is 2.14. The van der Waals surface area contributed by atoms with Crippen LogP contribution in [0.3, 0.4) is 0 Å². The molecule has 0 amide bonds. The van der Waals surface area contributed by atoms with Crippen molar-refractivity contribution in [2.45, 2.75) is 32.6 Å². The Morgan fingerprint density at radius 3 is 3.05 bits per heavy atom. The molecule has 0 aliphatic heterocycles. The number of thiazole rings is 1. The fraction of sp³-hybridized carbons (Fsp3) is 0.562. The van der Waals surface area contributed by atoms with Gasteiger partial charge >= 0.3 is 0 Å². The fourth-order valence-corrected chi connectivity index (χ4v) is 4.81. The molecule has 1 aromatic heterocycles. The van der Waals surface area contributed by atoms with E-state index in [1.807, 2.05) is 0 Å². The van der Waals surface area contributed by atoms with E-state index >= 15 is 0 Å². The summed E-state index contributed by atoms with van der Waals surface area (Å²) in [5, 5.41) is 4.69. The summed E-state index contributed by atoms with van der Waals surface area (Å²) in [6.07, 6.45) is 5.89. The van der Waals surface area contributed by atoms with Crippen LogP contribution in [0.2, 0.25) is 0 Å². The van der Waals surface area contributed by atoms with Gasteiger partial charge in [-0.25, -0.2) is 4.98 Å². The number of anilines is 1. The van der Waals surface area contributed by atoms with Crippen LogP contribution < -0.4 is 5.32 Å². The average molecular weight is 272 g/mol. The van der Waals surface area contributed by atoms with E-state index in [1.54, 1.807) is 11.3 Å². The van der Waals surface area contributed by atoms with Gasteiger partial charge in [0.1, 0.15) is 0 Å². The molecule has 2 aliphatic rings. The molecule has 0 radical (unpaired) electrons. The summed E-state index contributed by atoms with van der Waals surface area (Å²) in [5.74, 6) is 2.93. The zero-order valence-electron chi connectivity index (χ0n) is 11.4. The zero-order valence-corrected chi connectivity index (χ0v) is 12.2. The third-order valence-electron chi connectivity index (χ3n) is 4.94. The molecule has 1 N–H and O–H groups in total. The largest absolute Gasteiger partial charge is 0.361 e. The second kappa shape index (κ2) is 4.48. The van der Waals surface area contributed by atoms with Gasteiger partial charge in [-0.1, -0.05) is 23.8 Å². The highest BCUT2D eigenvalue weighted by atomic mass is 32.1. The van der Waals surface area contributed by atoms with Crippen LogP contribution >= 0.6 is 11.3 Å². The van der Waals surface area contributed by atoms with Crippen molar-refractivity contribution in [1.82, 2.24) is 4.98 Å². The maximum absolute atomic E-state index is 4.70. The molecule has 100 valence electrons. The lowest BCUT2D eigenvalue weighted by Crippen LogP contribution is -2.19. The predicted molar refractivity (Wildman–Crippen MR) is 81.8 cm³/mol. The lowest BCUT2D eigenvalue weighted by molar-refractivity contribution is 0.348. The molecule has 2 saturated carbocycles. The van der Waals surface area contributed by atoms with Crippen LogP contribution in [-0.4, -0.2) is 11.5 Å². The molecule has 2 aliphatic carbocycles. The van der Waals surface area contributed by atoms with Crippen molar-refractivity contribution in [2.24, 2.45) is 17.8 Å². The van der Waals surface area contributed by atoms with Crippen molar-refractivity contribution in [3.05, 3.63) is 23.8 Å². The van der Waals surface area contributed by atoms with Gasteiger partial charge in [-0.05, 0) is 61.6 Å². The Bertz CT molecular complexity index is 604. The SMILES string of the molecule is Cc1ccc2sc(NCC3CC4CCC3C4)nc2c1. The van der Waals surface area contributed by atoms with E-state index in [1.165, 1.54) is 35.9 Å². The quantitative estimate of drug-likeness (QED) is 0.892. The lowest BCUT2D eigenvalue weighted by atomic mass is 9.89. The summed E-state index contributed by atoms with van der Waals surface area (Å²) in [6, 6.07) is 6.53. The number of benzene rings is 1. The number of rotatable bonds is 3. The number of aryl methyl sites for hydroxylation is 1. The molecule has 4 rings (SSSR count). The number of aromatic nitrogens is 1. The van der Waals surface area contributed by atoms with Crippen molar-refractivity contribution in [1.29, 1.82) is 0 Å². The van der Waals surface area contributed by atoms with Gasteiger partial charge in [-0.2, -0.15) is 0 Å². The maximum atomic E-state index is 4.70. The molecular formula is C16H20N2S. The Balaban J connectivity index is 1.46. The summed E-state index contributed by atoms with van der Waals surface area (Å²) >= 11 is 1.79. The van der Waals surface area contributed by atoms with E-state index in [-0.39, 0.29) is 0 Å². The van der Waals surface area contributed by atoms with Crippen LogP contribution in [0.25, 0.3) is 10.2 Å². The smallest absolute Gasteiger partial charge is 0.183 e. The van der Waals surface area contributed by atoms with Crippen molar-refractivity contribution in [3.63, 3.8) is 0 Å². The van der Waals surface area contributed by atoms with E-state index in [0.29, 0.717) is 0 Å². The minimum absolute atomic E-state index is 0.896. The summed E-state index contributed by atoms with van der Waals surface area (Å²) in [7, 11) is 0. The highest BCUT2D eigenvalue weighted by Gasteiger charge is 2.39. The Labute approximate surface area is 118 Å². The Kier molecular flexibility index (Phi) is 2.76. The maximum Gasteiger partial charge on any atom is 0.183 e. The number of fused-ring (bicyclic) bond motifs is 3. The topological polar surface area (TPSA) is 24.9 Å². The highest BCUT2D eigenvalue weighted by Crippen LogP contribution is 2.48. The Morgan fingerprint density at radius 2 is 2.26 bits per heavy atom. The number of nitrogens with one attached hydrogen (secondary N) is 1. The van der Waals surface area contributed by atoms with Crippen molar-refractivity contribution in [3.8, 4) is 0 Å². The van der Waals surface area contributed by atoms with Gasteiger partial charge in [0.15, 0.2) is 5.13 Å². The number of hydrogen-bond donors (Lipinski definition) is 1. The summed E-state index contributed by atoms with van der Waals surface area (Å²) in [5.41, 5.74) is 2.43. The van der Waals surface area contributed by atoms with Crippen LogP contribution in [0.15, 0.2) is 18.2 Å². The van der Waals surface area contributed by atoms with Gasteiger partial charge in [0.25, 0.3) is 0 Å². The standard InChI is InChI=1S/C16H20N2S/c1-10-2-5-15-14(6-10)18-16(19-15)17-9-13-8-11-3-4-12(13)7-11/h2,5-6,11-13H,3-4,7-9H2,1H3,(H,17,18).